The van der Waals surface area contributed by atoms with E-state index in [0.29, 0.717) is 13.0 Å². The van der Waals surface area contributed by atoms with E-state index < -0.39 is 0 Å². The lowest BCUT2D eigenvalue weighted by Gasteiger charge is -2.28. The zero-order valence-electron chi connectivity index (χ0n) is 11.9. The van der Waals surface area contributed by atoms with Crippen molar-refractivity contribution < 1.29 is 14.3 Å². The standard InChI is InChI=1S/C14H21NO3S/c1-10(2)15(9-11(3)14(17)18-4)13(16)8-12-6-5-7-19-12/h5-7,10-11H,8-9H2,1-4H3. The molecule has 1 aromatic rings. The molecule has 0 saturated carbocycles. The number of thiophene rings is 1. The Hall–Kier alpha value is -1.36. The van der Waals surface area contributed by atoms with Crippen molar-refractivity contribution in [2.75, 3.05) is 13.7 Å². The van der Waals surface area contributed by atoms with Gasteiger partial charge in [-0.25, -0.2) is 0 Å². The van der Waals surface area contributed by atoms with Crippen LogP contribution in [-0.2, 0) is 20.7 Å². The summed E-state index contributed by atoms with van der Waals surface area (Å²) >= 11 is 1.57. The summed E-state index contributed by atoms with van der Waals surface area (Å²) in [5, 5.41) is 1.96. The van der Waals surface area contributed by atoms with E-state index >= 15 is 0 Å². The predicted octanol–water partition coefficient (Wildman–Crippen LogP) is 2.34. The molecule has 0 bridgehead atoms. The third kappa shape index (κ3) is 4.67. The minimum absolute atomic E-state index is 0.0493. The lowest BCUT2D eigenvalue weighted by atomic mass is 10.1. The Bertz CT molecular complexity index is 414. The molecule has 0 aliphatic heterocycles. The quantitative estimate of drug-likeness (QED) is 0.753. The average molecular weight is 283 g/mol. The van der Waals surface area contributed by atoms with Crippen LogP contribution in [0.25, 0.3) is 0 Å². The summed E-state index contributed by atoms with van der Waals surface area (Å²) in [5.74, 6) is -0.539. The molecule has 5 heteroatoms. The summed E-state index contributed by atoms with van der Waals surface area (Å²) in [6.45, 7) is 6.08. The molecular weight excluding hydrogens is 262 g/mol. The van der Waals surface area contributed by atoms with Gasteiger partial charge in [-0.3, -0.25) is 9.59 Å². The van der Waals surface area contributed by atoms with Gasteiger partial charge in [0.25, 0.3) is 0 Å². The van der Waals surface area contributed by atoms with E-state index in [1.54, 1.807) is 23.2 Å². The van der Waals surface area contributed by atoms with Crippen LogP contribution in [0.2, 0.25) is 0 Å². The van der Waals surface area contributed by atoms with Gasteiger partial charge in [-0.05, 0) is 25.3 Å². The van der Waals surface area contributed by atoms with Crippen LogP contribution in [0.3, 0.4) is 0 Å². The summed E-state index contributed by atoms with van der Waals surface area (Å²) in [6, 6.07) is 3.95. The molecule has 1 atom stereocenters. The first kappa shape index (κ1) is 15.7. The highest BCUT2D eigenvalue weighted by atomic mass is 32.1. The monoisotopic (exact) mass is 283 g/mol. The smallest absolute Gasteiger partial charge is 0.310 e. The van der Waals surface area contributed by atoms with Gasteiger partial charge in [0.1, 0.15) is 0 Å². The second-order valence-corrected chi connectivity index (χ2v) is 5.85. The van der Waals surface area contributed by atoms with Crippen LogP contribution in [0, 0.1) is 5.92 Å². The van der Waals surface area contributed by atoms with Crippen molar-refractivity contribution in [1.29, 1.82) is 0 Å². The molecule has 19 heavy (non-hydrogen) atoms. The minimum Gasteiger partial charge on any atom is -0.469 e. The van der Waals surface area contributed by atoms with E-state index in [-0.39, 0.29) is 23.8 Å². The largest absolute Gasteiger partial charge is 0.469 e. The highest BCUT2D eigenvalue weighted by Gasteiger charge is 2.23. The second-order valence-electron chi connectivity index (χ2n) is 4.82. The number of methoxy groups -OCH3 is 1. The van der Waals surface area contributed by atoms with Gasteiger partial charge in [-0.15, -0.1) is 11.3 Å². The number of rotatable bonds is 6. The SMILES string of the molecule is COC(=O)C(C)CN(C(=O)Cc1cccs1)C(C)C. The fraction of sp³-hybridized carbons (Fsp3) is 0.571. The van der Waals surface area contributed by atoms with Crippen LogP contribution in [0.15, 0.2) is 17.5 Å². The molecule has 1 unspecified atom stereocenters. The third-order valence-electron chi connectivity index (χ3n) is 2.92. The molecule has 0 aliphatic rings. The van der Waals surface area contributed by atoms with Crippen LogP contribution in [0.5, 0.6) is 0 Å². The van der Waals surface area contributed by atoms with E-state index in [1.165, 1.54) is 7.11 Å². The van der Waals surface area contributed by atoms with Crippen molar-refractivity contribution in [1.82, 2.24) is 4.90 Å². The predicted molar refractivity (Wildman–Crippen MR) is 76.1 cm³/mol. The minimum atomic E-state index is -0.306. The first-order valence-electron chi connectivity index (χ1n) is 6.35. The normalized spacial score (nSPS) is 12.3. The van der Waals surface area contributed by atoms with E-state index in [9.17, 15) is 9.59 Å². The van der Waals surface area contributed by atoms with Crippen molar-refractivity contribution in [3.05, 3.63) is 22.4 Å². The van der Waals surface area contributed by atoms with Crippen molar-refractivity contribution in [2.45, 2.75) is 33.2 Å². The molecule has 1 rings (SSSR count). The molecule has 0 spiro atoms. The van der Waals surface area contributed by atoms with Gasteiger partial charge in [0, 0.05) is 17.5 Å². The molecule has 0 aromatic carbocycles. The Morgan fingerprint density at radius 3 is 2.53 bits per heavy atom. The fourth-order valence-corrected chi connectivity index (χ4v) is 2.53. The van der Waals surface area contributed by atoms with E-state index in [4.69, 9.17) is 4.74 Å². The first-order valence-corrected chi connectivity index (χ1v) is 7.23. The van der Waals surface area contributed by atoms with Crippen LogP contribution in [0.4, 0.5) is 0 Å². The Labute approximate surface area is 118 Å². The second kappa shape index (κ2) is 7.28. The number of carbonyl (C=O) groups is 2. The molecule has 0 aliphatic carbocycles. The number of hydrogen-bond donors (Lipinski definition) is 0. The highest BCUT2D eigenvalue weighted by Crippen LogP contribution is 2.13. The number of ether oxygens (including phenoxy) is 1. The Balaban J connectivity index is 2.66. The number of carbonyl (C=O) groups excluding carboxylic acids is 2. The maximum Gasteiger partial charge on any atom is 0.310 e. The summed E-state index contributed by atoms with van der Waals surface area (Å²) < 4.78 is 4.70. The summed E-state index contributed by atoms with van der Waals surface area (Å²) in [5.41, 5.74) is 0. The molecule has 0 saturated heterocycles. The molecule has 0 radical (unpaired) electrons. The van der Waals surface area contributed by atoms with Crippen molar-refractivity contribution in [3.63, 3.8) is 0 Å². The van der Waals surface area contributed by atoms with Gasteiger partial charge in [0.15, 0.2) is 0 Å². The maximum atomic E-state index is 12.3. The molecule has 0 N–H and O–H groups in total. The Morgan fingerprint density at radius 1 is 1.37 bits per heavy atom. The lowest BCUT2D eigenvalue weighted by molar-refractivity contribution is -0.146. The lowest BCUT2D eigenvalue weighted by Crippen LogP contribution is -2.42. The third-order valence-corrected chi connectivity index (χ3v) is 3.80. The number of hydrogen-bond acceptors (Lipinski definition) is 4. The summed E-state index contributed by atoms with van der Waals surface area (Å²) in [6.07, 6.45) is 0.393. The zero-order valence-corrected chi connectivity index (χ0v) is 12.7. The molecule has 0 fully saturated rings. The topological polar surface area (TPSA) is 46.6 Å². The molecule has 1 heterocycles. The van der Waals surface area contributed by atoms with Gasteiger partial charge >= 0.3 is 5.97 Å². The van der Waals surface area contributed by atoms with Crippen LogP contribution in [0.1, 0.15) is 25.6 Å². The van der Waals surface area contributed by atoms with Crippen LogP contribution >= 0.6 is 11.3 Å². The van der Waals surface area contributed by atoms with Crippen molar-refractivity contribution >= 4 is 23.2 Å². The average Bonchev–Trinajstić information content (AvgIpc) is 2.86. The maximum absolute atomic E-state index is 12.3. The number of amides is 1. The molecule has 4 nitrogen and oxygen atoms in total. The van der Waals surface area contributed by atoms with E-state index in [0.717, 1.165) is 4.88 Å². The zero-order chi connectivity index (χ0) is 14.4. The Morgan fingerprint density at radius 2 is 2.05 bits per heavy atom. The van der Waals surface area contributed by atoms with E-state index in [1.807, 2.05) is 31.4 Å². The van der Waals surface area contributed by atoms with Gasteiger partial charge < -0.3 is 9.64 Å². The van der Waals surface area contributed by atoms with Gasteiger partial charge in [0.2, 0.25) is 5.91 Å². The number of esters is 1. The molecule has 1 amide bonds. The molecule has 106 valence electrons. The summed E-state index contributed by atoms with van der Waals surface area (Å²) in [7, 11) is 1.37. The molecule has 1 aromatic heterocycles. The first-order chi connectivity index (χ1) is 8.95. The Kier molecular flexibility index (Phi) is 6.02. The van der Waals surface area contributed by atoms with Crippen molar-refractivity contribution in [3.8, 4) is 0 Å². The van der Waals surface area contributed by atoms with Gasteiger partial charge in [-0.1, -0.05) is 13.0 Å². The highest BCUT2D eigenvalue weighted by molar-refractivity contribution is 7.10. The van der Waals surface area contributed by atoms with Gasteiger partial charge in [0.05, 0.1) is 19.4 Å². The fourth-order valence-electron chi connectivity index (χ4n) is 1.84. The van der Waals surface area contributed by atoms with Crippen LogP contribution < -0.4 is 0 Å². The van der Waals surface area contributed by atoms with E-state index in [2.05, 4.69) is 0 Å². The summed E-state index contributed by atoms with van der Waals surface area (Å²) in [4.78, 5) is 26.5. The van der Waals surface area contributed by atoms with Crippen LogP contribution in [-0.4, -0.2) is 36.5 Å². The van der Waals surface area contributed by atoms with Gasteiger partial charge in [-0.2, -0.15) is 0 Å². The number of nitrogens with zero attached hydrogens (tertiary/aromatic N) is 1. The van der Waals surface area contributed by atoms with Crippen molar-refractivity contribution in [2.24, 2.45) is 5.92 Å². The molecular formula is C14H21NO3S.